The van der Waals surface area contributed by atoms with E-state index in [4.69, 9.17) is 4.74 Å². The quantitative estimate of drug-likeness (QED) is 0.727. The molecule has 0 saturated heterocycles. The van der Waals surface area contributed by atoms with Crippen LogP contribution in [0.3, 0.4) is 0 Å². The van der Waals surface area contributed by atoms with Gasteiger partial charge in [0, 0.05) is 18.8 Å². The summed E-state index contributed by atoms with van der Waals surface area (Å²) in [4.78, 5) is 29.8. The molecule has 0 atom stereocenters. The van der Waals surface area contributed by atoms with Gasteiger partial charge in [0.25, 0.3) is 5.56 Å². The Labute approximate surface area is 143 Å². The van der Waals surface area contributed by atoms with Gasteiger partial charge in [0.1, 0.15) is 17.0 Å². The van der Waals surface area contributed by atoms with Crippen molar-refractivity contribution in [1.82, 2.24) is 14.1 Å². The minimum atomic E-state index is -0.486. The molecule has 7 heteroatoms. The van der Waals surface area contributed by atoms with Crippen LogP contribution in [0.2, 0.25) is 0 Å². The molecule has 0 saturated carbocycles. The highest BCUT2D eigenvalue weighted by molar-refractivity contribution is 5.82. The molecular weight excluding hydrogens is 325 g/mol. The third-order valence-corrected chi connectivity index (χ3v) is 4.03. The molecule has 1 aromatic carbocycles. The zero-order chi connectivity index (χ0) is 18.1. The lowest BCUT2D eigenvalue weighted by atomic mass is 10.2. The number of halogens is 1. The molecule has 0 N–H and O–H groups in total. The summed E-state index contributed by atoms with van der Waals surface area (Å²) in [5.74, 6) is 0.0573. The largest absolute Gasteiger partial charge is 0.493 e. The third kappa shape index (κ3) is 2.93. The zero-order valence-corrected chi connectivity index (χ0v) is 14.2. The highest BCUT2D eigenvalue weighted by Crippen LogP contribution is 2.24. The Balaban J connectivity index is 2.29. The smallest absolute Gasteiger partial charge is 0.332 e. The molecular formula is C18H18FN3O3. The van der Waals surface area contributed by atoms with E-state index in [1.54, 1.807) is 32.3 Å². The van der Waals surface area contributed by atoms with Crippen LogP contribution >= 0.6 is 0 Å². The molecule has 3 rings (SSSR count). The van der Waals surface area contributed by atoms with Gasteiger partial charge in [0.15, 0.2) is 5.65 Å². The first kappa shape index (κ1) is 16.9. The number of ether oxygens (including phenoxy) is 1. The minimum Gasteiger partial charge on any atom is -0.493 e. The Bertz CT molecular complexity index is 1050. The van der Waals surface area contributed by atoms with Crippen LogP contribution in [-0.2, 0) is 13.6 Å². The van der Waals surface area contributed by atoms with Gasteiger partial charge in [0.05, 0.1) is 13.2 Å². The number of rotatable bonds is 4. The summed E-state index contributed by atoms with van der Waals surface area (Å²) in [6.45, 7) is 4.05. The van der Waals surface area contributed by atoms with Gasteiger partial charge in [-0.2, -0.15) is 0 Å². The predicted octanol–water partition coefficient (Wildman–Crippen LogP) is 1.99. The molecule has 0 spiro atoms. The van der Waals surface area contributed by atoms with Crippen molar-refractivity contribution in [3.05, 3.63) is 68.2 Å². The van der Waals surface area contributed by atoms with E-state index >= 15 is 0 Å². The summed E-state index contributed by atoms with van der Waals surface area (Å²) < 4.78 is 21.1. The summed E-state index contributed by atoms with van der Waals surface area (Å²) in [5.41, 5.74) is 0.694. The van der Waals surface area contributed by atoms with Crippen LogP contribution in [0.5, 0.6) is 5.75 Å². The van der Waals surface area contributed by atoms with Crippen LogP contribution in [0.15, 0.2) is 40.1 Å². The summed E-state index contributed by atoms with van der Waals surface area (Å²) in [7, 11) is 1.56. The number of hydrogen-bond donors (Lipinski definition) is 0. The monoisotopic (exact) mass is 343 g/mol. The van der Waals surface area contributed by atoms with Gasteiger partial charge in [-0.15, -0.1) is 0 Å². The van der Waals surface area contributed by atoms with Gasteiger partial charge < -0.3 is 4.74 Å². The molecule has 130 valence electrons. The van der Waals surface area contributed by atoms with E-state index in [0.29, 0.717) is 17.9 Å². The minimum absolute atomic E-state index is 0.0429. The Morgan fingerprint density at radius 3 is 2.52 bits per heavy atom. The first-order valence-electron chi connectivity index (χ1n) is 7.90. The van der Waals surface area contributed by atoms with Gasteiger partial charge >= 0.3 is 5.69 Å². The van der Waals surface area contributed by atoms with Gasteiger partial charge in [-0.3, -0.25) is 13.9 Å². The van der Waals surface area contributed by atoms with Crippen molar-refractivity contribution in [1.29, 1.82) is 0 Å². The van der Waals surface area contributed by atoms with E-state index in [9.17, 15) is 14.0 Å². The zero-order valence-electron chi connectivity index (χ0n) is 14.2. The first-order valence-corrected chi connectivity index (χ1v) is 7.90. The van der Waals surface area contributed by atoms with Crippen LogP contribution in [-0.4, -0.2) is 20.7 Å². The number of fused-ring (bicyclic) bond motifs is 1. The maximum absolute atomic E-state index is 13.1. The van der Waals surface area contributed by atoms with Gasteiger partial charge in [-0.25, -0.2) is 14.2 Å². The van der Waals surface area contributed by atoms with Crippen molar-refractivity contribution in [3.63, 3.8) is 0 Å². The second-order valence-corrected chi connectivity index (χ2v) is 5.76. The average molecular weight is 343 g/mol. The molecule has 0 aliphatic heterocycles. The number of hydrogen-bond acceptors (Lipinski definition) is 4. The van der Waals surface area contributed by atoms with E-state index in [-0.39, 0.29) is 23.4 Å². The number of nitrogens with zero attached hydrogens (tertiary/aromatic N) is 3. The van der Waals surface area contributed by atoms with E-state index in [1.807, 2.05) is 6.92 Å². The predicted molar refractivity (Wildman–Crippen MR) is 92.7 cm³/mol. The lowest BCUT2D eigenvalue weighted by Gasteiger charge is -2.14. The molecule has 0 aliphatic rings. The molecule has 0 fully saturated rings. The SMILES string of the molecule is CCOc1c(C)cnc2c1c(=O)n(Cc1ccc(F)cc1)c(=O)n2C. The molecule has 2 aromatic heterocycles. The molecule has 3 aromatic rings. The molecule has 0 amide bonds. The highest BCUT2D eigenvalue weighted by atomic mass is 19.1. The van der Waals surface area contributed by atoms with E-state index in [1.165, 1.54) is 16.7 Å². The van der Waals surface area contributed by atoms with E-state index < -0.39 is 11.2 Å². The second-order valence-electron chi connectivity index (χ2n) is 5.76. The fourth-order valence-electron chi connectivity index (χ4n) is 2.76. The number of aryl methyl sites for hydroxylation is 2. The van der Waals surface area contributed by atoms with E-state index in [0.717, 1.165) is 10.1 Å². The molecule has 6 nitrogen and oxygen atoms in total. The van der Waals surface area contributed by atoms with E-state index in [2.05, 4.69) is 4.98 Å². The third-order valence-electron chi connectivity index (χ3n) is 4.03. The Morgan fingerprint density at radius 2 is 1.88 bits per heavy atom. The normalized spacial score (nSPS) is 11.0. The highest BCUT2D eigenvalue weighted by Gasteiger charge is 2.18. The topological polar surface area (TPSA) is 66.1 Å². The summed E-state index contributed by atoms with van der Waals surface area (Å²) in [6.07, 6.45) is 1.58. The fourth-order valence-corrected chi connectivity index (χ4v) is 2.76. The summed E-state index contributed by atoms with van der Waals surface area (Å²) in [6, 6.07) is 5.68. The fraction of sp³-hybridized carbons (Fsp3) is 0.278. The van der Waals surface area contributed by atoms with Crippen LogP contribution in [0.4, 0.5) is 4.39 Å². The average Bonchev–Trinajstić information content (AvgIpc) is 2.60. The lowest BCUT2D eigenvalue weighted by molar-refractivity contribution is 0.341. The van der Waals surface area contributed by atoms with Crippen LogP contribution in [0.25, 0.3) is 11.0 Å². The van der Waals surface area contributed by atoms with Crippen molar-refractivity contribution < 1.29 is 9.13 Å². The maximum Gasteiger partial charge on any atom is 0.332 e. The van der Waals surface area contributed by atoms with Gasteiger partial charge in [-0.1, -0.05) is 12.1 Å². The molecule has 0 aliphatic carbocycles. The van der Waals surface area contributed by atoms with Crippen molar-refractivity contribution in [3.8, 4) is 5.75 Å². The standard InChI is InChI=1S/C18H18FN3O3/c1-4-25-15-11(2)9-20-16-14(15)17(23)22(18(24)21(16)3)10-12-5-7-13(19)8-6-12/h5-9H,4,10H2,1-3H3. The van der Waals surface area contributed by atoms with Crippen molar-refractivity contribution in [2.75, 3.05) is 6.61 Å². The molecule has 0 bridgehead atoms. The Hall–Kier alpha value is -2.96. The van der Waals surface area contributed by atoms with Gasteiger partial charge in [0.2, 0.25) is 0 Å². The Morgan fingerprint density at radius 1 is 1.20 bits per heavy atom. The lowest BCUT2D eigenvalue weighted by Crippen LogP contribution is -2.39. The van der Waals surface area contributed by atoms with Crippen LogP contribution in [0.1, 0.15) is 18.1 Å². The Kier molecular flexibility index (Phi) is 4.39. The van der Waals surface area contributed by atoms with Crippen LogP contribution < -0.4 is 16.0 Å². The summed E-state index contributed by atoms with van der Waals surface area (Å²) >= 11 is 0. The van der Waals surface area contributed by atoms with Crippen LogP contribution in [0, 0.1) is 12.7 Å². The molecule has 2 heterocycles. The summed E-state index contributed by atoms with van der Waals surface area (Å²) in [5, 5.41) is 0.270. The molecule has 0 radical (unpaired) electrons. The number of benzene rings is 1. The molecule has 0 unspecified atom stereocenters. The molecule has 25 heavy (non-hydrogen) atoms. The second kappa shape index (κ2) is 6.51. The van der Waals surface area contributed by atoms with Gasteiger partial charge in [-0.05, 0) is 31.5 Å². The number of aromatic nitrogens is 3. The van der Waals surface area contributed by atoms with Crippen molar-refractivity contribution in [2.45, 2.75) is 20.4 Å². The van der Waals surface area contributed by atoms with Crippen molar-refractivity contribution >= 4 is 11.0 Å². The first-order chi connectivity index (χ1) is 11.9. The van der Waals surface area contributed by atoms with Crippen molar-refractivity contribution in [2.24, 2.45) is 7.05 Å². The number of pyridine rings is 1. The maximum atomic E-state index is 13.1.